The number of carbonyl (C=O) groups is 2. The Morgan fingerprint density at radius 3 is 2.81 bits per heavy atom. The van der Waals surface area contributed by atoms with E-state index in [0.29, 0.717) is 63.0 Å². The topological polar surface area (TPSA) is 149 Å². The molecule has 1 atom stereocenters. The molecular weight excluding hydrogens is 583 g/mol. The number of anilines is 1. The molecular formula is C28H28Cl2N8O4. The van der Waals surface area contributed by atoms with Crippen molar-refractivity contribution in [2.24, 2.45) is 0 Å². The minimum Gasteiger partial charge on any atom is -0.493 e. The second-order valence-electron chi connectivity index (χ2n) is 9.52. The minimum atomic E-state index is -0.589. The van der Waals surface area contributed by atoms with Gasteiger partial charge in [-0.25, -0.2) is 9.78 Å². The quantitative estimate of drug-likeness (QED) is 0.242. The number of imidazole rings is 1. The van der Waals surface area contributed by atoms with Crippen molar-refractivity contribution < 1.29 is 19.1 Å². The number of ether oxygens (including phenoxy) is 2. The molecule has 2 bridgehead atoms. The first-order valence-corrected chi connectivity index (χ1v) is 14.1. The number of aromatic nitrogens is 6. The van der Waals surface area contributed by atoms with Gasteiger partial charge >= 0.3 is 6.09 Å². The van der Waals surface area contributed by atoms with Crippen LogP contribution < -0.4 is 15.4 Å². The number of hydrogen-bond acceptors (Lipinski definition) is 8. The van der Waals surface area contributed by atoms with Crippen LogP contribution in [0.2, 0.25) is 10.2 Å². The molecule has 0 radical (unpaired) electrons. The predicted octanol–water partition coefficient (Wildman–Crippen LogP) is 5.75. The number of rotatable bonds is 5. The Hall–Kier alpha value is -4.42. The first kappa shape index (κ1) is 29.1. The van der Waals surface area contributed by atoms with Crippen LogP contribution in [0.3, 0.4) is 0 Å². The van der Waals surface area contributed by atoms with E-state index in [9.17, 15) is 9.59 Å². The fourth-order valence-corrected chi connectivity index (χ4v) is 5.01. The van der Waals surface area contributed by atoms with Gasteiger partial charge in [-0.05, 0) is 59.7 Å². The molecule has 0 saturated carbocycles. The van der Waals surface area contributed by atoms with Gasteiger partial charge in [0.1, 0.15) is 28.7 Å². The average molecular weight is 611 g/mol. The molecule has 1 aliphatic heterocycles. The van der Waals surface area contributed by atoms with Gasteiger partial charge in [0.25, 0.3) is 0 Å². The minimum absolute atomic E-state index is 0.306. The van der Waals surface area contributed by atoms with E-state index in [-0.39, 0.29) is 5.91 Å². The van der Waals surface area contributed by atoms with Gasteiger partial charge < -0.3 is 19.8 Å². The Morgan fingerprint density at radius 1 is 1.14 bits per heavy atom. The first-order chi connectivity index (χ1) is 20.4. The number of amides is 2. The summed E-state index contributed by atoms with van der Waals surface area (Å²) < 4.78 is 12.3. The van der Waals surface area contributed by atoms with Gasteiger partial charge in [0, 0.05) is 34.0 Å². The maximum atomic E-state index is 13.1. The molecule has 2 amide bonds. The van der Waals surface area contributed by atoms with Crippen molar-refractivity contribution in [3.63, 3.8) is 0 Å². The van der Waals surface area contributed by atoms with Crippen molar-refractivity contribution in [2.45, 2.75) is 38.1 Å². The van der Waals surface area contributed by atoms with Crippen molar-refractivity contribution in [3.8, 4) is 22.7 Å². The zero-order chi connectivity index (χ0) is 29.5. The van der Waals surface area contributed by atoms with Crippen LogP contribution in [-0.4, -0.2) is 55.9 Å². The summed E-state index contributed by atoms with van der Waals surface area (Å²) in [5.41, 5.74) is 2.98. The molecule has 42 heavy (non-hydrogen) atoms. The number of carbonyl (C=O) groups excluding carboxylic acids is 2. The Kier molecular flexibility index (Phi) is 9.35. The van der Waals surface area contributed by atoms with Crippen molar-refractivity contribution in [2.75, 3.05) is 19.0 Å². The highest BCUT2D eigenvalue weighted by Gasteiger charge is 2.23. The van der Waals surface area contributed by atoms with Crippen LogP contribution in [0.25, 0.3) is 23.0 Å². The van der Waals surface area contributed by atoms with Crippen molar-refractivity contribution in [3.05, 3.63) is 70.4 Å². The van der Waals surface area contributed by atoms with Crippen LogP contribution in [0, 0.1) is 0 Å². The third-order valence-corrected chi connectivity index (χ3v) is 7.15. The number of hydrogen-bond donors (Lipinski definition) is 3. The Balaban J connectivity index is 1.40. The van der Waals surface area contributed by atoms with E-state index in [2.05, 4.69) is 31.1 Å². The van der Waals surface area contributed by atoms with Crippen LogP contribution >= 0.6 is 23.2 Å². The molecule has 0 saturated heterocycles. The molecule has 218 valence electrons. The van der Waals surface area contributed by atoms with Gasteiger partial charge in [-0.1, -0.05) is 42.5 Å². The summed E-state index contributed by atoms with van der Waals surface area (Å²) in [5.74, 6) is 0.727. The summed E-state index contributed by atoms with van der Waals surface area (Å²) >= 11 is 12.8. The Morgan fingerprint density at radius 2 is 2.00 bits per heavy atom. The smallest absolute Gasteiger partial charge is 0.411 e. The number of tetrazole rings is 1. The maximum Gasteiger partial charge on any atom is 0.411 e. The van der Waals surface area contributed by atoms with Crippen LogP contribution in [0.5, 0.6) is 5.75 Å². The summed E-state index contributed by atoms with van der Waals surface area (Å²) in [6, 6.07) is 10.00. The number of benzene rings is 2. The standard InChI is InChI=1S/C28H28Cl2N8O4/c1-41-28(40)32-19-9-10-20-23(15-19)42-13-5-3-2-4-6-21(27-34-25(20)26(30)35-27)33-24(39)12-7-17-14-18(29)8-11-22(17)38-16-31-36-37-38/h7-12,14-16,21H,2-6,13H2,1H3,(H,32,40)(H,33,39)(H,34,35). The monoisotopic (exact) mass is 610 g/mol. The largest absolute Gasteiger partial charge is 0.493 e. The van der Waals surface area contributed by atoms with Gasteiger partial charge in [0.05, 0.1) is 25.4 Å². The average Bonchev–Trinajstić information content (AvgIpc) is 3.65. The molecule has 12 nitrogen and oxygen atoms in total. The van der Waals surface area contributed by atoms with Crippen LogP contribution in [0.1, 0.15) is 49.5 Å². The maximum absolute atomic E-state index is 13.1. The van der Waals surface area contributed by atoms with E-state index in [1.54, 1.807) is 42.5 Å². The number of methoxy groups -OCH3 is 1. The normalized spacial score (nSPS) is 15.5. The number of H-pyrrole nitrogens is 1. The number of nitrogens with zero attached hydrogens (tertiary/aromatic N) is 5. The third kappa shape index (κ3) is 7.07. The molecule has 2 aromatic heterocycles. The zero-order valence-corrected chi connectivity index (χ0v) is 24.2. The summed E-state index contributed by atoms with van der Waals surface area (Å²) in [5, 5.41) is 17.8. The van der Waals surface area contributed by atoms with E-state index < -0.39 is 12.1 Å². The highest BCUT2D eigenvalue weighted by atomic mass is 35.5. The van der Waals surface area contributed by atoms with Crippen LogP contribution in [-0.2, 0) is 9.53 Å². The molecule has 3 heterocycles. The highest BCUT2D eigenvalue weighted by Crippen LogP contribution is 2.37. The van der Waals surface area contributed by atoms with E-state index in [4.69, 9.17) is 37.7 Å². The lowest BCUT2D eigenvalue weighted by Gasteiger charge is -2.16. The molecule has 3 N–H and O–H groups in total. The SMILES string of the molecule is COC(=O)Nc1ccc2c(c1)OCCCCCCC(NC(=O)C=Cc1cc(Cl)ccc1-n1cnnn1)c1nc-2c(Cl)[nH]1. The molecule has 14 heteroatoms. The summed E-state index contributed by atoms with van der Waals surface area (Å²) in [7, 11) is 1.30. The van der Waals surface area contributed by atoms with E-state index in [1.165, 1.54) is 24.2 Å². The van der Waals surface area contributed by atoms with Gasteiger partial charge in [0.15, 0.2) is 0 Å². The van der Waals surface area contributed by atoms with Crippen LogP contribution in [0.15, 0.2) is 48.8 Å². The summed E-state index contributed by atoms with van der Waals surface area (Å²) in [4.78, 5) is 32.8. The lowest BCUT2D eigenvalue weighted by molar-refractivity contribution is -0.117. The van der Waals surface area contributed by atoms with Crippen molar-refractivity contribution in [1.82, 2.24) is 35.5 Å². The molecule has 0 aliphatic carbocycles. The molecule has 2 aromatic carbocycles. The number of halogens is 2. The molecule has 5 rings (SSSR count). The van der Waals surface area contributed by atoms with E-state index in [0.717, 1.165) is 25.7 Å². The first-order valence-electron chi connectivity index (χ1n) is 13.3. The Labute approximate surface area is 251 Å². The summed E-state index contributed by atoms with van der Waals surface area (Å²) in [6.45, 7) is 0.491. The fraction of sp³-hybridized carbons (Fsp3) is 0.286. The Bertz CT molecular complexity index is 1590. The van der Waals surface area contributed by atoms with Crippen molar-refractivity contribution in [1.29, 1.82) is 0 Å². The van der Waals surface area contributed by atoms with Crippen LogP contribution in [0.4, 0.5) is 10.5 Å². The van der Waals surface area contributed by atoms with Gasteiger partial charge in [-0.3, -0.25) is 10.1 Å². The lowest BCUT2D eigenvalue weighted by atomic mass is 10.1. The molecule has 1 aliphatic rings. The molecule has 0 spiro atoms. The second kappa shape index (κ2) is 13.5. The molecule has 0 fully saturated rings. The zero-order valence-electron chi connectivity index (χ0n) is 22.6. The lowest BCUT2D eigenvalue weighted by Crippen LogP contribution is -2.27. The van der Waals surface area contributed by atoms with E-state index in [1.807, 2.05) is 0 Å². The fourth-order valence-electron chi connectivity index (χ4n) is 4.58. The van der Waals surface area contributed by atoms with Gasteiger partial charge in [0.2, 0.25) is 5.91 Å². The molecule has 4 aromatic rings. The molecule has 1 unspecified atom stereocenters. The highest BCUT2D eigenvalue weighted by molar-refractivity contribution is 6.32. The number of aromatic amines is 1. The second-order valence-corrected chi connectivity index (χ2v) is 10.3. The van der Waals surface area contributed by atoms with Crippen molar-refractivity contribution >= 4 is 47.0 Å². The number of nitrogens with one attached hydrogen (secondary N) is 3. The van der Waals surface area contributed by atoms with E-state index >= 15 is 0 Å². The predicted molar refractivity (Wildman–Crippen MR) is 158 cm³/mol. The third-order valence-electron chi connectivity index (χ3n) is 6.64. The van der Waals surface area contributed by atoms with Gasteiger partial charge in [-0.15, -0.1) is 5.10 Å². The summed E-state index contributed by atoms with van der Waals surface area (Å²) in [6.07, 6.45) is 8.23. The number of fused-ring (bicyclic) bond motifs is 4. The van der Waals surface area contributed by atoms with Gasteiger partial charge in [-0.2, -0.15) is 4.68 Å².